The second-order valence-corrected chi connectivity index (χ2v) is 9.13. The van der Waals surface area contributed by atoms with Gasteiger partial charge in [-0.15, -0.1) is 0 Å². The molecule has 0 spiro atoms. The molecule has 5 atom stereocenters. The number of nitrogens with zero attached hydrogens (tertiary/aromatic N) is 1. The quantitative estimate of drug-likeness (QED) is 0.0359. The molecule has 12 N–H and O–H groups in total. The van der Waals surface area contributed by atoms with E-state index in [1.807, 2.05) is 0 Å². The van der Waals surface area contributed by atoms with Crippen LogP contribution >= 0.6 is 12.6 Å². The number of guanidine groups is 1. The van der Waals surface area contributed by atoms with Gasteiger partial charge in [-0.25, -0.2) is 4.79 Å². The molecule has 0 saturated carbocycles. The van der Waals surface area contributed by atoms with Gasteiger partial charge in [-0.05, 0) is 25.7 Å². The van der Waals surface area contributed by atoms with Crippen molar-refractivity contribution in [3.05, 3.63) is 0 Å². The fourth-order valence-corrected chi connectivity index (χ4v) is 4.00. The summed E-state index contributed by atoms with van der Waals surface area (Å²) in [4.78, 5) is 74.5. The van der Waals surface area contributed by atoms with Gasteiger partial charge in [0.05, 0.1) is 19.1 Å². The number of hydrogen-bond acceptors (Lipinski definition) is 10. The standard InChI is InChI=1S/C21H36N8O9S/c22-10(3-1-5-25-21(23)24)16(33)26-11(7-15(31)32)17(34)27-12(8-30)19(36)29-6-2-4-14(29)18(35)28-13(9-39)20(37)38/h10-14,30,39H,1-9,22H2,(H,26,33)(H,27,34)(H,28,35)(H,31,32)(H,37,38)(H4,23,24,25)/t10-,11-,12-,13-,14-/m0/s1. The number of carbonyl (C=O) groups excluding carboxylic acids is 4. The number of nitrogens with two attached hydrogens (primary N) is 2. The Hall–Kier alpha value is -3.64. The zero-order valence-electron chi connectivity index (χ0n) is 21.1. The number of likely N-dealkylation sites (tertiary alicyclic amines) is 1. The Kier molecular flexibility index (Phi) is 14.0. The van der Waals surface area contributed by atoms with Gasteiger partial charge < -0.3 is 53.0 Å². The first-order chi connectivity index (χ1) is 18.3. The Morgan fingerprint density at radius 1 is 1.03 bits per heavy atom. The van der Waals surface area contributed by atoms with Crippen molar-refractivity contribution in [3.8, 4) is 0 Å². The molecule has 1 fully saturated rings. The average molecular weight is 577 g/mol. The van der Waals surface area contributed by atoms with E-state index in [1.165, 1.54) is 0 Å². The zero-order chi connectivity index (χ0) is 29.7. The molecule has 4 amide bonds. The Morgan fingerprint density at radius 3 is 2.21 bits per heavy atom. The average Bonchev–Trinajstić information content (AvgIpc) is 3.36. The van der Waals surface area contributed by atoms with Crippen LogP contribution in [0.5, 0.6) is 0 Å². The number of thiol groups is 1. The summed E-state index contributed by atoms with van der Waals surface area (Å²) in [5.41, 5.74) is 11.0. The van der Waals surface area contributed by atoms with E-state index in [4.69, 9.17) is 22.0 Å². The van der Waals surface area contributed by atoms with Crippen molar-refractivity contribution in [2.45, 2.75) is 62.3 Å². The number of carboxylic acid groups (broad SMARTS) is 2. The third kappa shape index (κ3) is 10.9. The Bertz CT molecular complexity index is 937. The number of carbonyl (C=O) groups is 6. The Morgan fingerprint density at radius 2 is 1.67 bits per heavy atom. The first kappa shape index (κ1) is 33.4. The number of aliphatic hydroxyl groups is 1. The highest BCUT2D eigenvalue weighted by Crippen LogP contribution is 2.19. The van der Waals surface area contributed by atoms with Crippen LogP contribution in [0.4, 0.5) is 0 Å². The van der Waals surface area contributed by atoms with Gasteiger partial charge in [-0.3, -0.25) is 29.4 Å². The Balaban J connectivity index is 2.87. The molecule has 0 aromatic carbocycles. The van der Waals surface area contributed by atoms with E-state index in [0.29, 0.717) is 12.8 Å². The molecule has 0 bridgehead atoms. The van der Waals surface area contributed by atoms with E-state index in [2.05, 4.69) is 33.9 Å². The summed E-state index contributed by atoms with van der Waals surface area (Å²) in [6.45, 7) is -0.554. The lowest BCUT2D eigenvalue weighted by Gasteiger charge is -2.29. The Labute approximate surface area is 229 Å². The second kappa shape index (κ2) is 16.4. The van der Waals surface area contributed by atoms with Crippen molar-refractivity contribution in [1.29, 1.82) is 5.41 Å². The lowest BCUT2D eigenvalue weighted by molar-refractivity contribution is -0.145. The molecular formula is C21H36N8O9S. The smallest absolute Gasteiger partial charge is 0.327 e. The molecule has 220 valence electrons. The van der Waals surface area contributed by atoms with Gasteiger partial charge in [-0.1, -0.05) is 0 Å². The van der Waals surface area contributed by atoms with Crippen molar-refractivity contribution >= 4 is 54.2 Å². The molecule has 1 rings (SSSR count). The normalized spacial score (nSPS) is 17.7. The summed E-state index contributed by atoms with van der Waals surface area (Å²) in [6, 6.07) is -6.68. The van der Waals surface area contributed by atoms with Crippen LogP contribution in [-0.2, 0) is 28.8 Å². The van der Waals surface area contributed by atoms with E-state index < -0.39 is 78.8 Å². The largest absolute Gasteiger partial charge is 0.481 e. The highest BCUT2D eigenvalue weighted by atomic mass is 32.1. The molecule has 0 aliphatic carbocycles. The van der Waals surface area contributed by atoms with E-state index in [1.54, 1.807) is 0 Å². The number of carboxylic acids is 2. The molecule has 0 aromatic heterocycles. The minimum absolute atomic E-state index is 0.0878. The maximum Gasteiger partial charge on any atom is 0.327 e. The molecule has 1 heterocycles. The van der Waals surface area contributed by atoms with Gasteiger partial charge in [0.2, 0.25) is 23.6 Å². The van der Waals surface area contributed by atoms with Crippen molar-refractivity contribution < 1.29 is 44.1 Å². The van der Waals surface area contributed by atoms with Crippen LogP contribution in [0.25, 0.3) is 0 Å². The first-order valence-electron chi connectivity index (χ1n) is 12.0. The SMILES string of the molecule is N=C(N)NCCC[C@H](N)C(=O)N[C@@H](CC(=O)O)C(=O)N[C@@H](CO)C(=O)N1CCC[C@H]1C(=O)N[C@@H](CS)C(=O)O. The summed E-state index contributed by atoms with van der Waals surface area (Å²) in [5.74, 6) is -6.70. The maximum absolute atomic E-state index is 13.1. The van der Waals surface area contributed by atoms with Crippen LogP contribution in [0.1, 0.15) is 32.1 Å². The van der Waals surface area contributed by atoms with Gasteiger partial charge in [0.15, 0.2) is 5.96 Å². The highest BCUT2D eigenvalue weighted by molar-refractivity contribution is 7.80. The number of hydrogen-bond donors (Lipinski definition) is 11. The lowest BCUT2D eigenvalue weighted by Crippen LogP contribution is -2.59. The minimum atomic E-state index is -1.64. The van der Waals surface area contributed by atoms with E-state index >= 15 is 0 Å². The number of rotatable bonds is 16. The topological polar surface area (TPSA) is 290 Å². The fraction of sp³-hybridized carbons (Fsp3) is 0.667. The van der Waals surface area contributed by atoms with Crippen molar-refractivity contribution in [1.82, 2.24) is 26.2 Å². The van der Waals surface area contributed by atoms with Crippen molar-refractivity contribution in [3.63, 3.8) is 0 Å². The van der Waals surface area contributed by atoms with Crippen LogP contribution in [0.3, 0.4) is 0 Å². The van der Waals surface area contributed by atoms with Crippen LogP contribution in [-0.4, -0.2) is 117 Å². The van der Waals surface area contributed by atoms with Crippen LogP contribution in [0.2, 0.25) is 0 Å². The molecule has 1 aliphatic heterocycles. The highest BCUT2D eigenvalue weighted by Gasteiger charge is 2.39. The molecule has 39 heavy (non-hydrogen) atoms. The van der Waals surface area contributed by atoms with Crippen LogP contribution < -0.4 is 32.7 Å². The van der Waals surface area contributed by atoms with Crippen LogP contribution in [0.15, 0.2) is 0 Å². The minimum Gasteiger partial charge on any atom is -0.481 e. The molecule has 0 unspecified atom stereocenters. The fourth-order valence-electron chi connectivity index (χ4n) is 3.75. The summed E-state index contributed by atoms with van der Waals surface area (Å²) >= 11 is 3.88. The first-order valence-corrected chi connectivity index (χ1v) is 12.7. The van der Waals surface area contributed by atoms with E-state index in [0.717, 1.165) is 4.90 Å². The number of nitrogens with one attached hydrogen (secondary N) is 5. The summed E-state index contributed by atoms with van der Waals surface area (Å²) < 4.78 is 0. The van der Waals surface area contributed by atoms with Gasteiger partial charge in [0.25, 0.3) is 0 Å². The number of amides is 4. The molecule has 0 aromatic rings. The van der Waals surface area contributed by atoms with Gasteiger partial charge in [-0.2, -0.15) is 12.6 Å². The molecule has 1 saturated heterocycles. The van der Waals surface area contributed by atoms with Gasteiger partial charge >= 0.3 is 11.9 Å². The number of aliphatic carboxylic acids is 2. The molecule has 18 heteroatoms. The van der Waals surface area contributed by atoms with E-state index in [-0.39, 0.29) is 37.6 Å². The molecule has 1 aliphatic rings. The van der Waals surface area contributed by atoms with Gasteiger partial charge in [0, 0.05) is 18.8 Å². The molecule has 0 radical (unpaired) electrons. The third-order valence-electron chi connectivity index (χ3n) is 5.79. The van der Waals surface area contributed by atoms with E-state index in [9.17, 15) is 39.0 Å². The molecular weight excluding hydrogens is 540 g/mol. The van der Waals surface area contributed by atoms with Crippen molar-refractivity contribution in [2.75, 3.05) is 25.4 Å². The summed E-state index contributed by atoms with van der Waals surface area (Å²) in [7, 11) is 0. The molecule has 17 nitrogen and oxygen atoms in total. The monoisotopic (exact) mass is 576 g/mol. The van der Waals surface area contributed by atoms with Gasteiger partial charge in [0.1, 0.15) is 24.2 Å². The summed E-state index contributed by atoms with van der Waals surface area (Å²) in [6.07, 6.45) is 0.222. The predicted molar refractivity (Wildman–Crippen MR) is 138 cm³/mol. The third-order valence-corrected chi connectivity index (χ3v) is 6.15. The predicted octanol–water partition coefficient (Wildman–Crippen LogP) is -4.50. The second-order valence-electron chi connectivity index (χ2n) is 8.76. The van der Waals surface area contributed by atoms with Crippen molar-refractivity contribution in [2.24, 2.45) is 11.5 Å². The van der Waals surface area contributed by atoms with Crippen LogP contribution in [0, 0.1) is 5.41 Å². The maximum atomic E-state index is 13.1. The summed E-state index contributed by atoms with van der Waals surface area (Å²) in [5, 5.41) is 44.4. The lowest BCUT2D eigenvalue weighted by atomic mass is 10.1. The zero-order valence-corrected chi connectivity index (χ0v) is 22.0. The number of aliphatic hydroxyl groups excluding tert-OH is 1.